The molecule has 0 saturated heterocycles. The van der Waals surface area contributed by atoms with E-state index >= 15 is 0 Å². The van der Waals surface area contributed by atoms with Gasteiger partial charge in [0.05, 0.1) is 11.9 Å². The van der Waals surface area contributed by atoms with Gasteiger partial charge in [0.1, 0.15) is 11.6 Å². The fourth-order valence-corrected chi connectivity index (χ4v) is 3.13. The molecule has 1 heterocycles. The van der Waals surface area contributed by atoms with Crippen LogP contribution in [0.25, 0.3) is 11.5 Å². The number of anilines is 1. The van der Waals surface area contributed by atoms with Crippen molar-refractivity contribution in [1.82, 2.24) is 15.5 Å². The number of carbonyl (C=O) groups excluding carboxylic acids is 1. The van der Waals surface area contributed by atoms with Crippen LogP contribution in [0.5, 0.6) is 0 Å². The minimum atomic E-state index is -3.43. The summed E-state index contributed by atoms with van der Waals surface area (Å²) >= 11 is 3.38. The quantitative estimate of drug-likeness (QED) is 0.617. The number of hydrogen-bond donors (Lipinski definition) is 1. The molecule has 1 N–H and O–H groups in total. The van der Waals surface area contributed by atoms with E-state index in [0.29, 0.717) is 16.6 Å². The molecule has 0 aliphatic carbocycles. The zero-order valence-electron chi connectivity index (χ0n) is 17.2. The Morgan fingerprint density at radius 2 is 1.97 bits per heavy atom. The van der Waals surface area contributed by atoms with Crippen LogP contribution in [0, 0.1) is 0 Å². The van der Waals surface area contributed by atoms with Gasteiger partial charge in [0, 0.05) is 17.9 Å². The van der Waals surface area contributed by atoms with Gasteiger partial charge in [-0.2, -0.15) is 0 Å². The van der Waals surface area contributed by atoms with Crippen molar-refractivity contribution in [2.24, 2.45) is 0 Å². The number of hydrogen-bond acceptors (Lipinski definition) is 7. The van der Waals surface area contributed by atoms with Crippen molar-refractivity contribution in [2.45, 2.75) is 44.7 Å². The fourth-order valence-electron chi connectivity index (χ4n) is 2.32. The summed E-state index contributed by atoms with van der Waals surface area (Å²) in [5.74, 6) is 0.414. The van der Waals surface area contributed by atoms with E-state index in [0.717, 1.165) is 11.8 Å². The number of benzene rings is 1. The van der Waals surface area contributed by atoms with E-state index in [1.807, 2.05) is 6.07 Å². The normalized spacial score (nSPS) is 13.1. The molecule has 1 amide bonds. The van der Waals surface area contributed by atoms with Gasteiger partial charge >= 0.3 is 6.09 Å². The van der Waals surface area contributed by atoms with Crippen LogP contribution in [0.1, 0.15) is 45.2 Å². The summed E-state index contributed by atoms with van der Waals surface area (Å²) < 4.78 is 35.9. The highest BCUT2D eigenvalue weighted by atomic mass is 79.9. The van der Waals surface area contributed by atoms with Crippen LogP contribution in [0.2, 0.25) is 0 Å². The molecule has 160 valence electrons. The molecule has 2 rings (SSSR count). The molecule has 11 heteroatoms. The second kappa shape index (κ2) is 8.70. The Balaban J connectivity index is 2.28. The molecule has 0 aliphatic rings. The molecule has 0 aliphatic heterocycles. The summed E-state index contributed by atoms with van der Waals surface area (Å²) in [6.45, 7) is 7.00. The van der Waals surface area contributed by atoms with E-state index < -0.39 is 27.8 Å². The maximum absolute atomic E-state index is 11.9. The monoisotopic (exact) mass is 488 g/mol. The molecule has 0 bridgehead atoms. The Hall–Kier alpha value is -2.14. The lowest BCUT2D eigenvalue weighted by molar-refractivity contribution is 0.0501. The molecule has 0 spiro atoms. The third-order valence-corrected chi connectivity index (χ3v) is 5.64. The van der Waals surface area contributed by atoms with Crippen molar-refractivity contribution in [3.05, 3.63) is 29.7 Å². The molecule has 0 radical (unpaired) electrons. The molecule has 1 atom stereocenters. The second-order valence-corrected chi connectivity index (χ2v) is 10.1. The first-order chi connectivity index (χ1) is 13.3. The molecular formula is C18H25BrN4O5S. The van der Waals surface area contributed by atoms with E-state index in [1.54, 1.807) is 39.8 Å². The molecule has 1 aromatic heterocycles. The number of alkyl carbamates (subject to hydrolysis) is 1. The predicted octanol–water partition coefficient (Wildman–Crippen LogP) is 3.61. The number of halogens is 1. The molecule has 1 aromatic carbocycles. The number of sulfonamides is 1. The molecule has 2 aromatic rings. The van der Waals surface area contributed by atoms with Crippen molar-refractivity contribution >= 4 is 37.7 Å². The van der Waals surface area contributed by atoms with Crippen LogP contribution in [-0.2, 0) is 20.1 Å². The molecule has 0 saturated carbocycles. The molecule has 29 heavy (non-hydrogen) atoms. The summed E-state index contributed by atoms with van der Waals surface area (Å²) in [6, 6.07) is 4.65. The van der Waals surface area contributed by atoms with Gasteiger partial charge in [0.25, 0.3) is 0 Å². The van der Waals surface area contributed by atoms with Gasteiger partial charge in [-0.25, -0.2) is 13.2 Å². The number of rotatable bonds is 6. The zero-order chi connectivity index (χ0) is 22.0. The van der Waals surface area contributed by atoms with Crippen molar-refractivity contribution in [3.63, 3.8) is 0 Å². The average Bonchev–Trinajstić information content (AvgIpc) is 3.08. The van der Waals surface area contributed by atoms with E-state index in [2.05, 4.69) is 31.4 Å². The van der Waals surface area contributed by atoms with Gasteiger partial charge in [-0.3, -0.25) is 4.31 Å². The van der Waals surface area contributed by atoms with E-state index in [-0.39, 0.29) is 11.8 Å². The largest absolute Gasteiger partial charge is 0.444 e. The van der Waals surface area contributed by atoms with Crippen LogP contribution in [-0.4, -0.2) is 43.6 Å². The molecule has 0 unspecified atom stereocenters. The van der Waals surface area contributed by atoms with Gasteiger partial charge in [-0.15, -0.1) is 10.2 Å². The lowest BCUT2D eigenvalue weighted by Gasteiger charge is -2.20. The van der Waals surface area contributed by atoms with Crippen molar-refractivity contribution < 1.29 is 22.4 Å². The van der Waals surface area contributed by atoms with Crippen LogP contribution < -0.4 is 9.62 Å². The van der Waals surface area contributed by atoms with Crippen molar-refractivity contribution in [1.29, 1.82) is 0 Å². The number of nitrogens with zero attached hydrogens (tertiary/aromatic N) is 3. The maximum Gasteiger partial charge on any atom is 0.408 e. The highest BCUT2D eigenvalue weighted by Gasteiger charge is 2.22. The third kappa shape index (κ3) is 6.43. The molecule has 0 fully saturated rings. The SMILES string of the molecule is C[C@H](NC(=O)OC(C)(C)C)c1nnc(-c2cc(CBr)cc(N(C)S(C)(=O)=O)c2)o1. The number of nitrogens with one attached hydrogen (secondary N) is 1. The number of amides is 1. The number of aromatic nitrogens is 2. The lowest BCUT2D eigenvalue weighted by atomic mass is 10.1. The van der Waals surface area contributed by atoms with Crippen molar-refractivity contribution in [3.8, 4) is 11.5 Å². The standard InChI is InChI=1S/C18H25BrN4O5S/c1-11(20-17(24)28-18(2,3)4)15-21-22-16(27-15)13-7-12(10-19)8-14(9-13)23(5)29(6,25)26/h7-9,11H,10H2,1-6H3,(H,20,24)/t11-/m0/s1. The van der Waals surface area contributed by atoms with Crippen LogP contribution >= 0.6 is 15.9 Å². The third-order valence-electron chi connectivity index (χ3n) is 3.78. The van der Waals surface area contributed by atoms with E-state index in [9.17, 15) is 13.2 Å². The number of ether oxygens (including phenoxy) is 1. The Labute approximate surface area is 179 Å². The highest BCUT2D eigenvalue weighted by Crippen LogP contribution is 2.28. The first-order valence-corrected chi connectivity index (χ1v) is 11.7. The maximum atomic E-state index is 11.9. The average molecular weight is 489 g/mol. The Kier molecular flexibility index (Phi) is 6.94. The van der Waals surface area contributed by atoms with E-state index in [4.69, 9.17) is 9.15 Å². The Morgan fingerprint density at radius 3 is 2.52 bits per heavy atom. The van der Waals surface area contributed by atoms with Crippen LogP contribution in [0.15, 0.2) is 22.6 Å². The minimum absolute atomic E-state index is 0.202. The number of carbonyl (C=O) groups is 1. The minimum Gasteiger partial charge on any atom is -0.444 e. The molecule has 9 nitrogen and oxygen atoms in total. The van der Waals surface area contributed by atoms with Crippen LogP contribution in [0.3, 0.4) is 0 Å². The summed E-state index contributed by atoms with van der Waals surface area (Å²) in [7, 11) is -1.96. The predicted molar refractivity (Wildman–Crippen MR) is 113 cm³/mol. The lowest BCUT2D eigenvalue weighted by Crippen LogP contribution is -2.34. The smallest absolute Gasteiger partial charge is 0.408 e. The fraction of sp³-hybridized carbons (Fsp3) is 0.500. The summed E-state index contributed by atoms with van der Waals surface area (Å²) in [4.78, 5) is 11.9. The van der Waals surface area contributed by atoms with Gasteiger partial charge in [0.15, 0.2) is 0 Å². The van der Waals surface area contributed by atoms with Gasteiger partial charge in [-0.05, 0) is 51.5 Å². The summed E-state index contributed by atoms with van der Waals surface area (Å²) in [6.07, 6.45) is 0.533. The topological polar surface area (TPSA) is 115 Å². The Bertz CT molecular complexity index is 984. The van der Waals surface area contributed by atoms with Gasteiger partial charge < -0.3 is 14.5 Å². The first-order valence-electron chi connectivity index (χ1n) is 8.77. The number of alkyl halides is 1. The second-order valence-electron chi connectivity index (χ2n) is 7.57. The van der Waals surface area contributed by atoms with Gasteiger partial charge in [0.2, 0.25) is 21.8 Å². The first kappa shape index (κ1) is 23.1. The van der Waals surface area contributed by atoms with Gasteiger partial charge in [-0.1, -0.05) is 15.9 Å². The Morgan fingerprint density at radius 1 is 1.31 bits per heavy atom. The summed E-state index contributed by atoms with van der Waals surface area (Å²) in [5, 5.41) is 11.2. The van der Waals surface area contributed by atoms with Crippen LogP contribution in [0.4, 0.5) is 10.5 Å². The molecular weight excluding hydrogens is 464 g/mol. The zero-order valence-corrected chi connectivity index (χ0v) is 19.6. The highest BCUT2D eigenvalue weighted by molar-refractivity contribution is 9.08. The van der Waals surface area contributed by atoms with Crippen molar-refractivity contribution in [2.75, 3.05) is 17.6 Å². The van der Waals surface area contributed by atoms with E-state index in [1.165, 1.54) is 11.4 Å². The summed E-state index contributed by atoms with van der Waals surface area (Å²) in [5.41, 5.74) is 1.25.